The van der Waals surface area contributed by atoms with Gasteiger partial charge in [-0.1, -0.05) is 0 Å². The van der Waals surface area contributed by atoms with Crippen LogP contribution in [0, 0.1) is 6.92 Å². The fourth-order valence-corrected chi connectivity index (χ4v) is 1.11. The number of carbonyl (C=O) groups excluding carboxylic acids is 1. The molecule has 0 aliphatic carbocycles. The van der Waals surface area contributed by atoms with E-state index in [-0.39, 0.29) is 17.4 Å². The van der Waals surface area contributed by atoms with E-state index in [4.69, 9.17) is 0 Å². The van der Waals surface area contributed by atoms with Crippen molar-refractivity contribution in [1.82, 2.24) is 24.7 Å². The minimum Gasteiger partial charge on any atom is -0.281 e. The first-order valence-electron chi connectivity index (χ1n) is 4.36. The Kier molecular flexibility index (Phi) is 2.24. The highest BCUT2D eigenvalue weighted by molar-refractivity contribution is 6.03. The third-order valence-electron chi connectivity index (χ3n) is 1.90. The fourth-order valence-electron chi connectivity index (χ4n) is 1.11. The summed E-state index contributed by atoms with van der Waals surface area (Å²) in [5.74, 6) is 0.0468. The molecule has 0 atom stereocenters. The summed E-state index contributed by atoms with van der Waals surface area (Å²) < 4.78 is 1.39. The fraction of sp³-hybridized carbons (Fsp3) is 0.222. The van der Waals surface area contributed by atoms with E-state index in [2.05, 4.69) is 20.1 Å². The summed E-state index contributed by atoms with van der Waals surface area (Å²) >= 11 is 0. The SMILES string of the molecule is Cc1cnc(C(=O)c2ncnn2C)nc1. The molecular weight excluding hydrogens is 194 g/mol. The Morgan fingerprint density at radius 3 is 2.47 bits per heavy atom. The maximum absolute atomic E-state index is 11.8. The summed E-state index contributed by atoms with van der Waals surface area (Å²) in [6.45, 7) is 1.86. The number of hydrogen-bond donors (Lipinski definition) is 0. The second kappa shape index (κ2) is 3.56. The number of aryl methyl sites for hydroxylation is 2. The van der Waals surface area contributed by atoms with Crippen LogP contribution in [0.1, 0.15) is 22.0 Å². The van der Waals surface area contributed by atoms with Crippen molar-refractivity contribution < 1.29 is 4.79 Å². The van der Waals surface area contributed by atoms with Crippen LogP contribution in [0.15, 0.2) is 18.7 Å². The van der Waals surface area contributed by atoms with Gasteiger partial charge in [0.1, 0.15) is 6.33 Å². The second-order valence-electron chi connectivity index (χ2n) is 3.12. The molecule has 0 aromatic carbocycles. The van der Waals surface area contributed by atoms with Gasteiger partial charge < -0.3 is 0 Å². The summed E-state index contributed by atoms with van der Waals surface area (Å²) in [7, 11) is 1.65. The van der Waals surface area contributed by atoms with Gasteiger partial charge in [-0.2, -0.15) is 5.10 Å². The van der Waals surface area contributed by atoms with Crippen LogP contribution < -0.4 is 0 Å². The van der Waals surface area contributed by atoms with Crippen LogP contribution in [0.5, 0.6) is 0 Å². The van der Waals surface area contributed by atoms with Gasteiger partial charge in [0.05, 0.1) is 0 Å². The van der Waals surface area contributed by atoms with Crippen LogP contribution in [0.4, 0.5) is 0 Å². The molecule has 0 radical (unpaired) electrons. The highest BCUT2D eigenvalue weighted by Crippen LogP contribution is 2.01. The first-order chi connectivity index (χ1) is 7.18. The van der Waals surface area contributed by atoms with Crippen molar-refractivity contribution in [2.45, 2.75) is 6.92 Å². The number of carbonyl (C=O) groups is 1. The molecule has 0 unspecified atom stereocenters. The average Bonchev–Trinajstić information content (AvgIpc) is 2.65. The van der Waals surface area contributed by atoms with Crippen molar-refractivity contribution in [3.8, 4) is 0 Å². The van der Waals surface area contributed by atoms with Crippen LogP contribution in [0.25, 0.3) is 0 Å². The summed E-state index contributed by atoms with van der Waals surface area (Å²) in [6, 6.07) is 0. The summed E-state index contributed by atoms with van der Waals surface area (Å²) in [5.41, 5.74) is 0.907. The molecule has 0 bridgehead atoms. The van der Waals surface area contributed by atoms with Crippen molar-refractivity contribution in [1.29, 1.82) is 0 Å². The lowest BCUT2D eigenvalue weighted by Crippen LogP contribution is -2.13. The zero-order valence-electron chi connectivity index (χ0n) is 8.38. The molecule has 0 aliphatic heterocycles. The lowest BCUT2D eigenvalue weighted by molar-refractivity contribution is 0.101. The van der Waals surface area contributed by atoms with Crippen LogP contribution >= 0.6 is 0 Å². The van der Waals surface area contributed by atoms with Crippen molar-refractivity contribution >= 4 is 5.78 Å². The summed E-state index contributed by atoms with van der Waals surface area (Å²) in [5, 5.41) is 3.81. The summed E-state index contributed by atoms with van der Waals surface area (Å²) in [4.78, 5) is 23.5. The quantitative estimate of drug-likeness (QED) is 0.649. The van der Waals surface area contributed by atoms with Crippen LogP contribution in [0.2, 0.25) is 0 Å². The van der Waals surface area contributed by atoms with Crippen LogP contribution in [0.3, 0.4) is 0 Å². The molecule has 2 aromatic heterocycles. The Hall–Kier alpha value is -2.11. The molecular formula is C9H9N5O. The van der Waals surface area contributed by atoms with Gasteiger partial charge in [0.15, 0.2) is 0 Å². The predicted molar refractivity (Wildman–Crippen MR) is 51.2 cm³/mol. The topological polar surface area (TPSA) is 73.6 Å². The molecule has 2 aromatic rings. The van der Waals surface area contributed by atoms with Crippen molar-refractivity contribution in [2.75, 3.05) is 0 Å². The Morgan fingerprint density at radius 2 is 1.93 bits per heavy atom. The highest BCUT2D eigenvalue weighted by atomic mass is 16.1. The standard InChI is InChI=1S/C9H9N5O/c1-6-3-10-8(11-4-6)7(15)9-12-5-13-14(9)2/h3-5H,1-2H3. The monoisotopic (exact) mass is 203 g/mol. The number of hydrogen-bond acceptors (Lipinski definition) is 5. The first-order valence-corrected chi connectivity index (χ1v) is 4.36. The van der Waals surface area contributed by atoms with Gasteiger partial charge in [0, 0.05) is 19.4 Å². The Balaban J connectivity index is 2.37. The molecule has 0 amide bonds. The van der Waals surface area contributed by atoms with E-state index in [1.54, 1.807) is 19.4 Å². The zero-order valence-corrected chi connectivity index (χ0v) is 8.38. The van der Waals surface area contributed by atoms with Gasteiger partial charge in [-0.25, -0.2) is 19.6 Å². The highest BCUT2D eigenvalue weighted by Gasteiger charge is 2.16. The minimum atomic E-state index is -0.324. The first kappa shape index (κ1) is 9.45. The summed E-state index contributed by atoms with van der Waals surface area (Å²) in [6.07, 6.45) is 4.51. The van der Waals surface area contributed by atoms with Crippen molar-refractivity contribution in [3.05, 3.63) is 35.9 Å². The molecule has 6 heteroatoms. The molecule has 0 aliphatic rings. The minimum absolute atomic E-state index is 0.136. The van der Waals surface area contributed by atoms with Crippen LogP contribution in [-0.2, 0) is 7.05 Å². The normalized spacial score (nSPS) is 10.3. The molecule has 2 rings (SSSR count). The lowest BCUT2D eigenvalue weighted by Gasteiger charge is -1.98. The lowest BCUT2D eigenvalue weighted by atomic mass is 10.3. The maximum Gasteiger partial charge on any atom is 0.267 e. The predicted octanol–water partition coefficient (Wildman–Crippen LogP) is 0.145. The van der Waals surface area contributed by atoms with E-state index in [1.807, 2.05) is 6.92 Å². The van der Waals surface area contributed by atoms with Gasteiger partial charge in [-0.05, 0) is 12.5 Å². The van der Waals surface area contributed by atoms with Crippen molar-refractivity contribution in [3.63, 3.8) is 0 Å². The Morgan fingerprint density at radius 1 is 1.27 bits per heavy atom. The van der Waals surface area contributed by atoms with Gasteiger partial charge in [0.25, 0.3) is 5.78 Å². The number of ketones is 1. The van der Waals surface area contributed by atoms with Gasteiger partial charge in [-0.15, -0.1) is 0 Å². The van der Waals surface area contributed by atoms with E-state index >= 15 is 0 Å². The van der Waals surface area contributed by atoms with Gasteiger partial charge in [0.2, 0.25) is 11.6 Å². The molecule has 0 saturated carbocycles. The van der Waals surface area contributed by atoms with E-state index < -0.39 is 0 Å². The van der Waals surface area contributed by atoms with E-state index in [1.165, 1.54) is 11.0 Å². The molecule has 2 heterocycles. The smallest absolute Gasteiger partial charge is 0.267 e. The molecule has 15 heavy (non-hydrogen) atoms. The number of aromatic nitrogens is 5. The third kappa shape index (κ3) is 1.74. The molecule has 0 N–H and O–H groups in total. The van der Waals surface area contributed by atoms with E-state index in [0.29, 0.717) is 0 Å². The zero-order chi connectivity index (χ0) is 10.8. The molecule has 0 fully saturated rings. The molecule has 76 valence electrons. The Bertz CT molecular complexity index is 487. The van der Waals surface area contributed by atoms with Crippen LogP contribution in [-0.4, -0.2) is 30.5 Å². The number of nitrogens with zero attached hydrogens (tertiary/aromatic N) is 5. The van der Waals surface area contributed by atoms with Crippen molar-refractivity contribution in [2.24, 2.45) is 7.05 Å². The molecule has 0 saturated heterocycles. The average molecular weight is 203 g/mol. The second-order valence-corrected chi connectivity index (χ2v) is 3.12. The van der Waals surface area contributed by atoms with Gasteiger partial charge in [-0.3, -0.25) is 4.79 Å². The van der Waals surface area contributed by atoms with Gasteiger partial charge >= 0.3 is 0 Å². The third-order valence-corrected chi connectivity index (χ3v) is 1.90. The molecule has 6 nitrogen and oxygen atoms in total. The van der Waals surface area contributed by atoms with E-state index in [0.717, 1.165) is 5.56 Å². The molecule has 0 spiro atoms. The van der Waals surface area contributed by atoms with E-state index in [9.17, 15) is 4.79 Å². The maximum atomic E-state index is 11.8. The largest absolute Gasteiger partial charge is 0.281 e. The number of rotatable bonds is 2. The Labute approximate surface area is 86.0 Å².